The molecule has 0 amide bonds. The molecule has 0 aliphatic rings. The third kappa shape index (κ3) is 2.74. The van der Waals surface area contributed by atoms with Crippen LogP contribution in [0.2, 0.25) is 0 Å². The van der Waals surface area contributed by atoms with E-state index in [2.05, 4.69) is 39.9 Å². The van der Waals surface area contributed by atoms with Gasteiger partial charge in [0.05, 0.1) is 22.1 Å². The van der Waals surface area contributed by atoms with Gasteiger partial charge in [-0.2, -0.15) is 5.10 Å². The number of aromatic nitrogens is 3. The van der Waals surface area contributed by atoms with Crippen LogP contribution in [0.25, 0.3) is 0 Å². The maximum absolute atomic E-state index is 5.21. The van der Waals surface area contributed by atoms with E-state index in [4.69, 9.17) is 4.42 Å². The molecule has 0 N–H and O–H groups in total. The molecule has 2 aromatic heterocycles. The summed E-state index contributed by atoms with van der Waals surface area (Å²) in [5.41, 5.74) is 2.29. The van der Waals surface area contributed by atoms with Crippen molar-refractivity contribution < 1.29 is 4.42 Å². The Kier molecular flexibility index (Phi) is 4.28. The molecule has 0 aliphatic heterocycles. The van der Waals surface area contributed by atoms with Crippen molar-refractivity contribution in [2.45, 2.75) is 37.8 Å². The van der Waals surface area contributed by atoms with Crippen LogP contribution in [0, 0.1) is 0 Å². The Morgan fingerprint density at radius 3 is 2.88 bits per heavy atom. The maximum Gasteiger partial charge on any atom is 0.255 e. The average molecular weight is 316 g/mol. The van der Waals surface area contributed by atoms with E-state index in [-0.39, 0.29) is 0 Å². The third-order valence-electron chi connectivity index (χ3n) is 2.44. The van der Waals surface area contributed by atoms with Crippen molar-refractivity contribution in [3.8, 4) is 0 Å². The topological polar surface area (TPSA) is 43.9 Å². The first-order valence-corrected chi connectivity index (χ1v) is 7.30. The standard InChI is InChI=1S/C11H14BrN3OS/c1-3-8-10(12)9(15(4-2)14-8)7-17-11-13-5-6-16-11/h5-6H,3-4,7H2,1-2H3. The SMILES string of the molecule is CCc1nn(CC)c(CSc2ncco2)c1Br. The molecule has 0 fully saturated rings. The highest BCUT2D eigenvalue weighted by atomic mass is 79.9. The van der Waals surface area contributed by atoms with Gasteiger partial charge in [-0.15, -0.1) is 0 Å². The molecule has 6 heteroatoms. The van der Waals surface area contributed by atoms with Crippen LogP contribution in [0.15, 0.2) is 26.6 Å². The third-order valence-corrected chi connectivity index (χ3v) is 4.22. The Hall–Kier alpha value is -0.750. The lowest BCUT2D eigenvalue weighted by Crippen LogP contribution is -2.01. The number of hydrogen-bond donors (Lipinski definition) is 0. The normalized spacial score (nSPS) is 11.0. The largest absolute Gasteiger partial charge is 0.440 e. The molecule has 0 unspecified atom stereocenters. The predicted molar refractivity (Wildman–Crippen MR) is 71.0 cm³/mol. The molecule has 17 heavy (non-hydrogen) atoms. The quantitative estimate of drug-likeness (QED) is 0.792. The highest BCUT2D eigenvalue weighted by Crippen LogP contribution is 2.28. The van der Waals surface area contributed by atoms with Crippen LogP contribution in [0.3, 0.4) is 0 Å². The highest BCUT2D eigenvalue weighted by Gasteiger charge is 2.14. The van der Waals surface area contributed by atoms with E-state index in [0.29, 0.717) is 5.22 Å². The molecule has 0 bridgehead atoms. The first kappa shape index (κ1) is 12.7. The Labute approximate surface area is 113 Å². The molecule has 0 aliphatic carbocycles. The van der Waals surface area contributed by atoms with E-state index in [0.717, 1.165) is 28.9 Å². The summed E-state index contributed by atoms with van der Waals surface area (Å²) < 4.78 is 8.35. The number of hydrogen-bond acceptors (Lipinski definition) is 4. The zero-order chi connectivity index (χ0) is 12.3. The zero-order valence-corrected chi connectivity index (χ0v) is 12.2. The Morgan fingerprint density at radius 1 is 1.47 bits per heavy atom. The minimum absolute atomic E-state index is 0.693. The number of rotatable bonds is 5. The van der Waals surface area contributed by atoms with E-state index >= 15 is 0 Å². The first-order valence-electron chi connectivity index (χ1n) is 5.52. The van der Waals surface area contributed by atoms with Crippen molar-refractivity contribution in [1.82, 2.24) is 14.8 Å². The van der Waals surface area contributed by atoms with Gasteiger partial charge in [0.1, 0.15) is 6.26 Å². The number of aryl methyl sites for hydroxylation is 2. The molecule has 0 spiro atoms. The molecule has 4 nitrogen and oxygen atoms in total. The number of oxazole rings is 1. The Balaban J connectivity index is 2.16. The maximum atomic E-state index is 5.21. The Morgan fingerprint density at radius 2 is 2.29 bits per heavy atom. The number of nitrogens with zero attached hydrogens (tertiary/aromatic N) is 3. The van der Waals surface area contributed by atoms with E-state index in [1.165, 1.54) is 5.69 Å². The van der Waals surface area contributed by atoms with E-state index in [9.17, 15) is 0 Å². The van der Waals surface area contributed by atoms with Crippen LogP contribution >= 0.6 is 27.7 Å². The van der Waals surface area contributed by atoms with Gasteiger partial charge in [-0.3, -0.25) is 4.68 Å². The summed E-state index contributed by atoms with van der Waals surface area (Å²) in [5.74, 6) is 0.807. The fraction of sp³-hybridized carbons (Fsp3) is 0.455. The van der Waals surface area contributed by atoms with Crippen LogP contribution in [0.5, 0.6) is 0 Å². The predicted octanol–water partition coefficient (Wildman–Crippen LogP) is 3.51. The van der Waals surface area contributed by atoms with E-state index < -0.39 is 0 Å². The van der Waals surface area contributed by atoms with Crippen molar-refractivity contribution in [2.24, 2.45) is 0 Å². The summed E-state index contributed by atoms with van der Waals surface area (Å²) in [4.78, 5) is 4.09. The molecule has 0 saturated carbocycles. The summed E-state index contributed by atoms with van der Waals surface area (Å²) in [7, 11) is 0. The minimum atomic E-state index is 0.693. The highest BCUT2D eigenvalue weighted by molar-refractivity contribution is 9.10. The zero-order valence-electron chi connectivity index (χ0n) is 9.81. The van der Waals surface area contributed by atoms with Gasteiger partial charge >= 0.3 is 0 Å². The van der Waals surface area contributed by atoms with Crippen molar-refractivity contribution >= 4 is 27.7 Å². The van der Waals surface area contributed by atoms with Gasteiger partial charge in [0, 0.05) is 12.3 Å². The van der Waals surface area contributed by atoms with E-state index in [1.807, 2.05) is 4.68 Å². The summed E-state index contributed by atoms with van der Waals surface area (Å²) >= 11 is 5.20. The molecule has 2 heterocycles. The van der Waals surface area contributed by atoms with Crippen LogP contribution in [0.4, 0.5) is 0 Å². The van der Waals surface area contributed by atoms with Gasteiger partial charge in [0.2, 0.25) is 0 Å². The van der Waals surface area contributed by atoms with Gasteiger partial charge in [-0.05, 0) is 29.3 Å². The Bertz CT molecular complexity index is 481. The lowest BCUT2D eigenvalue weighted by Gasteiger charge is -2.03. The van der Waals surface area contributed by atoms with Crippen molar-refractivity contribution in [1.29, 1.82) is 0 Å². The monoisotopic (exact) mass is 315 g/mol. The fourth-order valence-electron chi connectivity index (χ4n) is 1.57. The van der Waals surface area contributed by atoms with Gasteiger partial charge in [-0.25, -0.2) is 4.98 Å². The second-order valence-electron chi connectivity index (χ2n) is 3.46. The van der Waals surface area contributed by atoms with Crippen LogP contribution in [-0.2, 0) is 18.7 Å². The second kappa shape index (κ2) is 5.73. The molecule has 92 valence electrons. The van der Waals surface area contributed by atoms with Crippen molar-refractivity contribution in [3.63, 3.8) is 0 Å². The number of halogens is 1. The lowest BCUT2D eigenvalue weighted by molar-refractivity contribution is 0.454. The molecule has 0 atom stereocenters. The molecule has 2 aromatic rings. The summed E-state index contributed by atoms with van der Waals surface area (Å²) in [6, 6.07) is 0. The molecular weight excluding hydrogens is 302 g/mol. The second-order valence-corrected chi connectivity index (χ2v) is 5.18. The van der Waals surface area contributed by atoms with Crippen LogP contribution in [-0.4, -0.2) is 14.8 Å². The molecule has 0 saturated heterocycles. The summed E-state index contributed by atoms with van der Waals surface area (Å²) in [6.45, 7) is 5.08. The summed E-state index contributed by atoms with van der Waals surface area (Å²) in [5, 5.41) is 5.25. The molecule has 2 rings (SSSR count). The molecule has 0 radical (unpaired) electrons. The van der Waals surface area contributed by atoms with Crippen molar-refractivity contribution in [2.75, 3.05) is 0 Å². The van der Waals surface area contributed by atoms with Crippen LogP contribution in [0.1, 0.15) is 25.2 Å². The van der Waals surface area contributed by atoms with Gasteiger partial charge in [0.25, 0.3) is 5.22 Å². The smallest absolute Gasteiger partial charge is 0.255 e. The molecule has 0 aromatic carbocycles. The first-order chi connectivity index (χ1) is 8.26. The summed E-state index contributed by atoms with van der Waals surface area (Å²) in [6.07, 6.45) is 4.18. The lowest BCUT2D eigenvalue weighted by atomic mass is 10.3. The van der Waals surface area contributed by atoms with Gasteiger partial charge < -0.3 is 4.42 Å². The average Bonchev–Trinajstić information content (AvgIpc) is 2.94. The van der Waals surface area contributed by atoms with Gasteiger partial charge in [0.15, 0.2) is 0 Å². The molecular formula is C11H14BrN3OS. The number of thioether (sulfide) groups is 1. The van der Waals surface area contributed by atoms with Crippen molar-refractivity contribution in [3.05, 3.63) is 28.3 Å². The fourth-order valence-corrected chi connectivity index (χ4v) is 3.27. The minimum Gasteiger partial charge on any atom is -0.440 e. The van der Waals surface area contributed by atoms with E-state index in [1.54, 1.807) is 24.2 Å². The van der Waals surface area contributed by atoms with Crippen LogP contribution < -0.4 is 0 Å². The van der Waals surface area contributed by atoms with Gasteiger partial charge in [-0.1, -0.05) is 18.7 Å².